The lowest BCUT2D eigenvalue weighted by Gasteiger charge is -2.07. The van der Waals surface area contributed by atoms with Crippen LogP contribution in [-0.2, 0) is 4.74 Å². The molecule has 1 aromatic carbocycles. The molecule has 0 radical (unpaired) electrons. The highest BCUT2D eigenvalue weighted by atomic mass is 16.5. The quantitative estimate of drug-likeness (QED) is 0.564. The Morgan fingerprint density at radius 3 is 2.40 bits per heavy atom. The van der Waals surface area contributed by atoms with Crippen molar-refractivity contribution >= 4 is 11.9 Å². The van der Waals surface area contributed by atoms with Gasteiger partial charge in [0.15, 0.2) is 0 Å². The lowest BCUT2D eigenvalue weighted by atomic mass is 10.1. The average molecular weight is 280 g/mol. The second-order valence-corrected chi connectivity index (χ2v) is 4.69. The van der Waals surface area contributed by atoms with Crippen LogP contribution in [0.3, 0.4) is 0 Å². The van der Waals surface area contributed by atoms with Gasteiger partial charge in [0.25, 0.3) is 0 Å². The Hall–Kier alpha value is -1.88. The van der Waals surface area contributed by atoms with Crippen molar-refractivity contribution in [3.05, 3.63) is 35.4 Å². The van der Waals surface area contributed by atoms with Gasteiger partial charge in [-0.25, -0.2) is 9.59 Å². The lowest BCUT2D eigenvalue weighted by Crippen LogP contribution is -2.12. The van der Waals surface area contributed by atoms with Gasteiger partial charge in [-0.05, 0) is 38.3 Å². The van der Waals surface area contributed by atoms with E-state index in [0.29, 0.717) is 6.42 Å². The molecule has 1 unspecified atom stereocenters. The van der Waals surface area contributed by atoms with Crippen LogP contribution in [0, 0.1) is 0 Å². The molecule has 5 heteroatoms. The van der Waals surface area contributed by atoms with Crippen LogP contribution in [0.2, 0.25) is 0 Å². The van der Waals surface area contributed by atoms with E-state index in [1.54, 1.807) is 19.1 Å². The monoisotopic (exact) mass is 280 g/mol. The van der Waals surface area contributed by atoms with Crippen molar-refractivity contribution in [1.29, 1.82) is 0 Å². The first-order chi connectivity index (χ1) is 9.52. The third-order valence-corrected chi connectivity index (χ3v) is 2.88. The van der Waals surface area contributed by atoms with Gasteiger partial charge in [0.1, 0.15) is 0 Å². The molecular weight excluding hydrogens is 260 g/mol. The number of rotatable bonds is 8. The Morgan fingerprint density at radius 2 is 1.80 bits per heavy atom. The zero-order valence-electron chi connectivity index (χ0n) is 11.5. The molecule has 0 spiro atoms. The molecule has 110 valence electrons. The fourth-order valence-electron chi connectivity index (χ4n) is 1.81. The van der Waals surface area contributed by atoms with Gasteiger partial charge >= 0.3 is 11.9 Å². The van der Waals surface area contributed by atoms with Crippen molar-refractivity contribution in [2.45, 2.75) is 38.7 Å². The van der Waals surface area contributed by atoms with Gasteiger partial charge in [-0.15, -0.1) is 0 Å². The summed E-state index contributed by atoms with van der Waals surface area (Å²) in [4.78, 5) is 22.8. The molecule has 0 saturated carbocycles. The van der Waals surface area contributed by atoms with Crippen molar-refractivity contribution in [1.82, 2.24) is 0 Å². The summed E-state index contributed by atoms with van der Waals surface area (Å²) in [6, 6.07) is 5.99. The first-order valence-corrected chi connectivity index (χ1v) is 6.70. The van der Waals surface area contributed by atoms with Crippen molar-refractivity contribution in [2.24, 2.45) is 0 Å². The van der Waals surface area contributed by atoms with Crippen LogP contribution in [0.4, 0.5) is 0 Å². The number of hydrogen-bond donors (Lipinski definition) is 2. The molecule has 0 heterocycles. The summed E-state index contributed by atoms with van der Waals surface area (Å²) >= 11 is 0. The zero-order chi connectivity index (χ0) is 15.0. The molecule has 5 nitrogen and oxygen atoms in total. The molecule has 0 aliphatic heterocycles. The molecule has 0 aromatic heterocycles. The summed E-state index contributed by atoms with van der Waals surface area (Å²) in [6.45, 7) is 2.00. The van der Waals surface area contributed by atoms with Crippen molar-refractivity contribution in [3.63, 3.8) is 0 Å². The molecule has 0 saturated heterocycles. The molecule has 0 fully saturated rings. The van der Waals surface area contributed by atoms with Gasteiger partial charge in [0.2, 0.25) is 0 Å². The minimum absolute atomic E-state index is 0.0494. The topological polar surface area (TPSA) is 83.8 Å². The normalized spacial score (nSPS) is 11.9. The van der Waals surface area contributed by atoms with Gasteiger partial charge < -0.3 is 14.9 Å². The standard InChI is InChI=1S/C15H20O5/c1-11(16)7-3-2-6-10-20-15(19)13-9-5-4-8-12(13)14(17)18/h4-5,8-9,11,16H,2-3,6-7,10H2,1H3,(H,17,18). The van der Waals surface area contributed by atoms with Crippen LogP contribution in [0.5, 0.6) is 0 Å². The van der Waals surface area contributed by atoms with E-state index >= 15 is 0 Å². The molecule has 1 atom stereocenters. The third-order valence-electron chi connectivity index (χ3n) is 2.88. The Bertz CT molecular complexity index is 453. The van der Waals surface area contributed by atoms with Crippen molar-refractivity contribution in [3.8, 4) is 0 Å². The number of esters is 1. The van der Waals surface area contributed by atoms with Gasteiger partial charge in [0, 0.05) is 0 Å². The number of ether oxygens (including phenoxy) is 1. The largest absolute Gasteiger partial charge is 0.478 e. The van der Waals surface area contributed by atoms with E-state index in [4.69, 9.17) is 14.9 Å². The average Bonchev–Trinajstić information content (AvgIpc) is 2.42. The molecule has 1 aromatic rings. The third kappa shape index (κ3) is 5.40. The highest BCUT2D eigenvalue weighted by molar-refractivity contribution is 6.02. The van der Waals surface area contributed by atoms with E-state index in [-0.39, 0.29) is 23.8 Å². The Kier molecular flexibility index (Phi) is 6.73. The maximum Gasteiger partial charge on any atom is 0.339 e. The molecule has 20 heavy (non-hydrogen) atoms. The maximum absolute atomic E-state index is 11.8. The van der Waals surface area contributed by atoms with Crippen LogP contribution >= 0.6 is 0 Å². The summed E-state index contributed by atoms with van der Waals surface area (Å²) < 4.78 is 5.06. The maximum atomic E-state index is 11.8. The molecule has 0 aliphatic rings. The lowest BCUT2D eigenvalue weighted by molar-refractivity contribution is 0.0486. The molecule has 0 aliphatic carbocycles. The van der Waals surface area contributed by atoms with Crippen molar-refractivity contribution in [2.75, 3.05) is 6.61 Å². The summed E-state index contributed by atoms with van der Waals surface area (Å²) in [5, 5.41) is 18.1. The number of hydrogen-bond acceptors (Lipinski definition) is 4. The number of aromatic carboxylic acids is 1. The van der Waals surface area contributed by atoms with Gasteiger partial charge in [-0.1, -0.05) is 18.6 Å². The van der Waals surface area contributed by atoms with Crippen LogP contribution in [0.15, 0.2) is 24.3 Å². The number of carboxylic acids is 1. The molecule has 0 bridgehead atoms. The number of unbranched alkanes of at least 4 members (excludes halogenated alkanes) is 2. The van der Waals surface area contributed by atoms with Crippen molar-refractivity contribution < 1.29 is 24.5 Å². The number of carbonyl (C=O) groups is 2. The fourth-order valence-corrected chi connectivity index (χ4v) is 1.81. The van der Waals surface area contributed by atoms with Gasteiger partial charge in [-0.2, -0.15) is 0 Å². The second-order valence-electron chi connectivity index (χ2n) is 4.69. The molecule has 0 amide bonds. The smallest absolute Gasteiger partial charge is 0.339 e. The van der Waals surface area contributed by atoms with Crippen LogP contribution in [-0.4, -0.2) is 34.9 Å². The predicted octanol–water partition coefficient (Wildman–Crippen LogP) is 2.48. The first kappa shape index (κ1) is 16.2. The van der Waals surface area contributed by atoms with Gasteiger partial charge in [0.05, 0.1) is 23.8 Å². The van der Waals surface area contributed by atoms with E-state index in [1.165, 1.54) is 12.1 Å². The minimum Gasteiger partial charge on any atom is -0.478 e. The fraction of sp³-hybridized carbons (Fsp3) is 0.467. The van der Waals surface area contributed by atoms with E-state index in [0.717, 1.165) is 19.3 Å². The summed E-state index contributed by atoms with van der Waals surface area (Å²) in [5.74, 6) is -1.76. The zero-order valence-corrected chi connectivity index (χ0v) is 11.5. The predicted molar refractivity (Wildman–Crippen MR) is 73.8 cm³/mol. The molecular formula is C15H20O5. The first-order valence-electron chi connectivity index (χ1n) is 6.70. The second kappa shape index (κ2) is 8.32. The van der Waals surface area contributed by atoms with Crippen LogP contribution < -0.4 is 0 Å². The number of aliphatic hydroxyl groups excluding tert-OH is 1. The highest BCUT2D eigenvalue weighted by Gasteiger charge is 2.16. The molecule has 1 rings (SSSR count). The van der Waals surface area contributed by atoms with Gasteiger partial charge in [-0.3, -0.25) is 0 Å². The van der Waals surface area contributed by atoms with E-state index in [9.17, 15) is 9.59 Å². The number of carbonyl (C=O) groups excluding carboxylic acids is 1. The number of benzene rings is 1. The minimum atomic E-state index is -1.14. The Morgan fingerprint density at radius 1 is 1.15 bits per heavy atom. The summed E-state index contributed by atoms with van der Waals surface area (Å²) in [5.41, 5.74) is 0.0237. The summed E-state index contributed by atoms with van der Waals surface area (Å²) in [7, 11) is 0. The molecule has 2 N–H and O–H groups in total. The van der Waals surface area contributed by atoms with E-state index in [1.807, 2.05) is 0 Å². The number of carboxylic acid groups (broad SMARTS) is 1. The van der Waals surface area contributed by atoms with Crippen LogP contribution in [0.25, 0.3) is 0 Å². The summed E-state index contributed by atoms with van der Waals surface area (Å²) in [6.07, 6.45) is 2.86. The van der Waals surface area contributed by atoms with Crippen LogP contribution in [0.1, 0.15) is 53.3 Å². The Balaban J connectivity index is 2.38. The van der Waals surface area contributed by atoms with E-state index in [2.05, 4.69) is 0 Å². The number of aliphatic hydroxyl groups is 1. The SMILES string of the molecule is CC(O)CCCCCOC(=O)c1ccccc1C(=O)O. The highest BCUT2D eigenvalue weighted by Crippen LogP contribution is 2.11. The Labute approximate surface area is 118 Å². The van der Waals surface area contributed by atoms with E-state index < -0.39 is 11.9 Å².